The number of aryl methyl sites for hydroxylation is 1. The van der Waals surface area contributed by atoms with E-state index in [1.54, 1.807) is 4.52 Å². The zero-order valence-electron chi connectivity index (χ0n) is 14.6. The van der Waals surface area contributed by atoms with Gasteiger partial charge in [-0.05, 0) is 26.2 Å². The number of hydrogen-bond donors (Lipinski definition) is 1. The maximum Gasteiger partial charge on any atom is 0.276 e. The lowest BCUT2D eigenvalue weighted by Crippen LogP contribution is -2.36. The SMILES string of the molecule is Cc1ncc(CN2CCc3c(nc4cc(C5CC5)[nH]n4c3=O)C2)n1C. The van der Waals surface area contributed by atoms with Crippen molar-refractivity contribution in [1.82, 2.24) is 29.0 Å². The first-order valence-electron chi connectivity index (χ1n) is 8.93. The Labute approximate surface area is 145 Å². The summed E-state index contributed by atoms with van der Waals surface area (Å²) in [4.78, 5) is 24.3. The Bertz CT molecular complexity index is 1020. The first-order valence-corrected chi connectivity index (χ1v) is 8.93. The Kier molecular flexibility index (Phi) is 3.15. The van der Waals surface area contributed by atoms with Crippen molar-refractivity contribution in [2.24, 2.45) is 7.05 Å². The van der Waals surface area contributed by atoms with Crippen LogP contribution >= 0.6 is 0 Å². The topological polar surface area (TPSA) is 71.2 Å². The fourth-order valence-electron chi connectivity index (χ4n) is 3.73. The number of H-pyrrole nitrogens is 1. The molecule has 7 heteroatoms. The van der Waals surface area contributed by atoms with Gasteiger partial charge in [-0.25, -0.2) is 14.5 Å². The quantitative estimate of drug-likeness (QED) is 0.786. The van der Waals surface area contributed by atoms with Gasteiger partial charge in [0.05, 0.1) is 11.4 Å². The third-order valence-electron chi connectivity index (χ3n) is 5.58. The normalized spacial score (nSPS) is 18.0. The van der Waals surface area contributed by atoms with Crippen LogP contribution in [0.25, 0.3) is 5.65 Å². The summed E-state index contributed by atoms with van der Waals surface area (Å²) in [6.45, 7) is 4.43. The van der Waals surface area contributed by atoms with Crippen LogP contribution in [0.1, 0.15) is 47.2 Å². The highest BCUT2D eigenvalue weighted by atomic mass is 16.1. The summed E-state index contributed by atoms with van der Waals surface area (Å²) in [5.41, 5.74) is 4.95. The molecule has 0 aromatic carbocycles. The second kappa shape index (κ2) is 5.29. The zero-order chi connectivity index (χ0) is 17.1. The smallest absolute Gasteiger partial charge is 0.276 e. The Morgan fingerprint density at radius 1 is 1.36 bits per heavy atom. The second-order valence-corrected chi connectivity index (χ2v) is 7.34. The van der Waals surface area contributed by atoms with Crippen LogP contribution < -0.4 is 5.56 Å². The molecule has 7 nitrogen and oxygen atoms in total. The fourth-order valence-corrected chi connectivity index (χ4v) is 3.73. The summed E-state index contributed by atoms with van der Waals surface area (Å²) >= 11 is 0. The summed E-state index contributed by atoms with van der Waals surface area (Å²) in [6.07, 6.45) is 5.10. The van der Waals surface area contributed by atoms with Crippen LogP contribution in [-0.2, 0) is 26.6 Å². The van der Waals surface area contributed by atoms with E-state index < -0.39 is 0 Å². The van der Waals surface area contributed by atoms with Crippen molar-refractivity contribution < 1.29 is 0 Å². The summed E-state index contributed by atoms with van der Waals surface area (Å²) in [6, 6.07) is 2.04. The lowest BCUT2D eigenvalue weighted by molar-refractivity contribution is 0.235. The van der Waals surface area contributed by atoms with Crippen molar-refractivity contribution in [2.45, 2.75) is 45.2 Å². The Morgan fingerprint density at radius 2 is 2.20 bits per heavy atom. The monoisotopic (exact) mass is 338 g/mol. The average Bonchev–Trinajstić information content (AvgIpc) is 3.30. The molecule has 3 aromatic heterocycles. The fraction of sp³-hybridized carbons (Fsp3) is 0.500. The van der Waals surface area contributed by atoms with Gasteiger partial charge in [0.15, 0.2) is 5.65 Å². The van der Waals surface area contributed by atoms with E-state index in [0.29, 0.717) is 5.92 Å². The highest BCUT2D eigenvalue weighted by Crippen LogP contribution is 2.39. The lowest BCUT2D eigenvalue weighted by atomic mass is 10.1. The van der Waals surface area contributed by atoms with Crippen molar-refractivity contribution in [1.29, 1.82) is 0 Å². The van der Waals surface area contributed by atoms with Crippen LogP contribution in [0.15, 0.2) is 17.1 Å². The second-order valence-electron chi connectivity index (χ2n) is 7.34. The van der Waals surface area contributed by atoms with Gasteiger partial charge in [-0.1, -0.05) is 0 Å². The molecule has 5 rings (SSSR count). The number of imidazole rings is 1. The summed E-state index contributed by atoms with van der Waals surface area (Å²) in [5.74, 6) is 1.60. The highest BCUT2D eigenvalue weighted by molar-refractivity contribution is 5.43. The van der Waals surface area contributed by atoms with E-state index in [9.17, 15) is 4.79 Å². The number of hydrogen-bond acceptors (Lipinski definition) is 4. The number of nitrogens with one attached hydrogen (secondary N) is 1. The van der Waals surface area contributed by atoms with Gasteiger partial charge in [0, 0.05) is 56.1 Å². The molecule has 1 N–H and O–H groups in total. The number of rotatable bonds is 3. The van der Waals surface area contributed by atoms with Crippen molar-refractivity contribution in [2.75, 3.05) is 6.54 Å². The van der Waals surface area contributed by atoms with E-state index in [-0.39, 0.29) is 5.56 Å². The number of nitrogens with zero attached hydrogens (tertiary/aromatic N) is 5. The predicted molar refractivity (Wildman–Crippen MR) is 93.6 cm³/mol. The molecule has 0 unspecified atom stereocenters. The van der Waals surface area contributed by atoms with Crippen molar-refractivity contribution >= 4 is 5.65 Å². The van der Waals surface area contributed by atoms with E-state index in [1.165, 1.54) is 18.5 Å². The standard InChI is InChI=1S/C18H22N6O/c1-11-19-8-13(22(11)2)9-23-6-5-14-16(10-23)20-17-7-15(12-3-4-12)21-24(17)18(14)25/h7-8,12,21H,3-6,9-10H2,1-2H3. The molecule has 0 amide bonds. The molecule has 1 aliphatic carbocycles. The van der Waals surface area contributed by atoms with Crippen LogP contribution in [-0.4, -0.2) is 35.6 Å². The number of aromatic nitrogens is 5. The minimum Gasteiger partial charge on any atom is -0.334 e. The van der Waals surface area contributed by atoms with Crippen LogP contribution in [0.2, 0.25) is 0 Å². The van der Waals surface area contributed by atoms with Gasteiger partial charge in [0.25, 0.3) is 5.56 Å². The third kappa shape index (κ3) is 2.41. The van der Waals surface area contributed by atoms with Crippen LogP contribution in [0.5, 0.6) is 0 Å². The predicted octanol–water partition coefficient (Wildman–Crippen LogP) is 1.50. The molecular formula is C18H22N6O. The Balaban J connectivity index is 1.47. The zero-order valence-corrected chi connectivity index (χ0v) is 14.6. The van der Waals surface area contributed by atoms with E-state index >= 15 is 0 Å². The highest BCUT2D eigenvalue weighted by Gasteiger charge is 2.27. The molecule has 130 valence electrons. The molecule has 0 bridgehead atoms. The largest absolute Gasteiger partial charge is 0.334 e. The van der Waals surface area contributed by atoms with E-state index in [1.807, 2.05) is 26.2 Å². The van der Waals surface area contributed by atoms with Gasteiger partial charge >= 0.3 is 0 Å². The van der Waals surface area contributed by atoms with Gasteiger partial charge in [-0.15, -0.1) is 0 Å². The maximum absolute atomic E-state index is 12.8. The molecule has 1 saturated carbocycles. The first kappa shape index (κ1) is 14.9. The van der Waals surface area contributed by atoms with E-state index in [4.69, 9.17) is 4.98 Å². The van der Waals surface area contributed by atoms with E-state index in [0.717, 1.165) is 54.5 Å². The minimum absolute atomic E-state index is 0.0722. The van der Waals surface area contributed by atoms with Crippen LogP contribution in [0, 0.1) is 6.92 Å². The maximum atomic E-state index is 12.8. The number of aromatic amines is 1. The molecule has 0 spiro atoms. The Morgan fingerprint density at radius 3 is 2.92 bits per heavy atom. The van der Waals surface area contributed by atoms with Gasteiger partial charge in [-0.2, -0.15) is 0 Å². The lowest BCUT2D eigenvalue weighted by Gasteiger charge is -2.27. The molecule has 2 aliphatic rings. The van der Waals surface area contributed by atoms with Crippen LogP contribution in [0.4, 0.5) is 0 Å². The molecule has 1 fully saturated rings. The van der Waals surface area contributed by atoms with Crippen molar-refractivity contribution in [3.8, 4) is 0 Å². The molecule has 0 radical (unpaired) electrons. The summed E-state index contributed by atoms with van der Waals surface area (Å²) in [7, 11) is 2.04. The van der Waals surface area contributed by atoms with Crippen molar-refractivity contribution in [3.05, 3.63) is 51.1 Å². The molecule has 0 atom stereocenters. The molecular weight excluding hydrogens is 316 g/mol. The van der Waals surface area contributed by atoms with Gasteiger partial charge in [0.1, 0.15) is 5.82 Å². The third-order valence-corrected chi connectivity index (χ3v) is 5.58. The molecule has 0 saturated heterocycles. The summed E-state index contributed by atoms with van der Waals surface area (Å²) < 4.78 is 3.75. The van der Waals surface area contributed by atoms with Gasteiger partial charge < -0.3 is 4.57 Å². The molecule has 1 aliphatic heterocycles. The average molecular weight is 338 g/mol. The molecule has 25 heavy (non-hydrogen) atoms. The molecule has 4 heterocycles. The first-order chi connectivity index (χ1) is 12.1. The number of fused-ring (bicyclic) bond motifs is 2. The molecule has 3 aromatic rings. The van der Waals surface area contributed by atoms with Gasteiger partial charge in [-0.3, -0.25) is 14.8 Å². The summed E-state index contributed by atoms with van der Waals surface area (Å²) in [5, 5.41) is 3.25. The van der Waals surface area contributed by atoms with E-state index in [2.05, 4.69) is 19.5 Å². The van der Waals surface area contributed by atoms with Gasteiger partial charge in [0.2, 0.25) is 0 Å². The van der Waals surface area contributed by atoms with Crippen molar-refractivity contribution in [3.63, 3.8) is 0 Å². The Hall–Kier alpha value is -2.41. The van der Waals surface area contributed by atoms with Crippen LogP contribution in [0.3, 0.4) is 0 Å². The minimum atomic E-state index is 0.0722.